The van der Waals surface area contributed by atoms with E-state index in [9.17, 15) is 13.2 Å². The number of sulfonamides is 1. The van der Waals surface area contributed by atoms with E-state index in [2.05, 4.69) is 5.32 Å². The Hall–Kier alpha value is -3.03. The van der Waals surface area contributed by atoms with Crippen LogP contribution < -0.4 is 14.4 Å². The van der Waals surface area contributed by atoms with Crippen molar-refractivity contribution >= 4 is 33.2 Å². The molecule has 0 aromatic heterocycles. The van der Waals surface area contributed by atoms with Crippen LogP contribution in [0.1, 0.15) is 17.5 Å². The maximum absolute atomic E-state index is 13.4. The summed E-state index contributed by atoms with van der Waals surface area (Å²) in [6.07, 6.45) is 1.43. The van der Waals surface area contributed by atoms with Gasteiger partial charge in [-0.2, -0.15) is 0 Å². The number of nitrogens with one attached hydrogen (secondary N) is 1. The molecule has 6 nitrogen and oxygen atoms in total. The van der Waals surface area contributed by atoms with Crippen molar-refractivity contribution in [2.24, 2.45) is 0 Å². The van der Waals surface area contributed by atoms with Crippen LogP contribution in [0.15, 0.2) is 77.7 Å². The summed E-state index contributed by atoms with van der Waals surface area (Å²) in [6, 6.07) is 20.7. The lowest BCUT2D eigenvalue weighted by molar-refractivity contribution is -0.119. The normalized spacial score (nSPS) is 11.1. The summed E-state index contributed by atoms with van der Waals surface area (Å²) in [7, 11) is -2.34. The molecule has 0 aliphatic carbocycles. The van der Waals surface area contributed by atoms with Crippen LogP contribution in [-0.2, 0) is 21.2 Å². The minimum atomic E-state index is -3.97. The number of hydrogen-bond donors (Lipinski definition) is 1. The number of rotatable bonds is 10. The molecule has 1 N–H and O–H groups in total. The largest absolute Gasteiger partial charge is 0.496 e. The third-order valence-corrected chi connectivity index (χ3v) is 7.16. The van der Waals surface area contributed by atoms with Gasteiger partial charge in [0.15, 0.2) is 0 Å². The smallest absolute Gasteiger partial charge is 0.264 e. The Labute approximate surface area is 200 Å². The molecular formula is C25H27ClN2O4S. The van der Waals surface area contributed by atoms with Crippen LogP contribution in [-0.4, -0.2) is 34.5 Å². The molecule has 0 bridgehead atoms. The predicted octanol–water partition coefficient (Wildman–Crippen LogP) is 4.60. The molecule has 3 aromatic carbocycles. The lowest BCUT2D eigenvalue weighted by Crippen LogP contribution is -2.41. The van der Waals surface area contributed by atoms with Gasteiger partial charge in [-0.15, -0.1) is 0 Å². The quantitative estimate of drug-likeness (QED) is 0.425. The van der Waals surface area contributed by atoms with Crippen molar-refractivity contribution in [1.82, 2.24) is 5.32 Å². The van der Waals surface area contributed by atoms with Gasteiger partial charge in [-0.05, 0) is 73.4 Å². The summed E-state index contributed by atoms with van der Waals surface area (Å²) in [5.41, 5.74) is 2.37. The zero-order valence-corrected chi connectivity index (χ0v) is 20.2. The van der Waals surface area contributed by atoms with E-state index in [1.807, 2.05) is 37.3 Å². The van der Waals surface area contributed by atoms with Gasteiger partial charge < -0.3 is 10.1 Å². The molecule has 8 heteroatoms. The summed E-state index contributed by atoms with van der Waals surface area (Å²) in [5.74, 6) is 0.428. The second kappa shape index (κ2) is 11.2. The maximum atomic E-state index is 13.4. The Morgan fingerprint density at radius 1 is 1.03 bits per heavy atom. The molecule has 0 heterocycles. The maximum Gasteiger partial charge on any atom is 0.264 e. The van der Waals surface area contributed by atoms with Gasteiger partial charge in [-0.3, -0.25) is 9.10 Å². The van der Waals surface area contributed by atoms with Crippen molar-refractivity contribution in [1.29, 1.82) is 0 Å². The van der Waals surface area contributed by atoms with Crippen LogP contribution in [0.2, 0.25) is 5.02 Å². The molecule has 0 radical (unpaired) electrons. The summed E-state index contributed by atoms with van der Waals surface area (Å²) in [5, 5.41) is 3.27. The minimum Gasteiger partial charge on any atom is -0.496 e. The Bertz CT molecular complexity index is 1200. The van der Waals surface area contributed by atoms with E-state index in [-0.39, 0.29) is 17.3 Å². The average Bonchev–Trinajstić information content (AvgIpc) is 2.80. The third kappa shape index (κ3) is 6.49. The summed E-state index contributed by atoms with van der Waals surface area (Å²) in [6.45, 7) is 1.96. The second-order valence-corrected chi connectivity index (χ2v) is 9.87. The molecule has 0 unspecified atom stereocenters. The summed E-state index contributed by atoms with van der Waals surface area (Å²) >= 11 is 5.92. The molecule has 0 fully saturated rings. The molecule has 1 amide bonds. The SMILES string of the molecule is COc1ccccc1CCCNC(=O)CN(c1cccc(C)c1)S(=O)(=O)c1ccc(Cl)cc1. The number of carbonyl (C=O) groups excluding carboxylic acids is 1. The van der Waals surface area contributed by atoms with Gasteiger partial charge in [0.1, 0.15) is 12.3 Å². The molecule has 0 aliphatic heterocycles. The number of hydrogen-bond acceptors (Lipinski definition) is 4. The van der Waals surface area contributed by atoms with E-state index in [0.717, 1.165) is 27.6 Å². The molecule has 3 rings (SSSR count). The van der Waals surface area contributed by atoms with Gasteiger partial charge in [0, 0.05) is 11.6 Å². The highest BCUT2D eigenvalue weighted by Gasteiger charge is 2.27. The van der Waals surface area contributed by atoms with Crippen molar-refractivity contribution in [2.45, 2.75) is 24.7 Å². The Morgan fingerprint density at radius 2 is 1.76 bits per heavy atom. The van der Waals surface area contributed by atoms with Gasteiger partial charge in [-0.25, -0.2) is 8.42 Å². The van der Waals surface area contributed by atoms with Gasteiger partial charge in [0.25, 0.3) is 10.0 Å². The molecule has 0 saturated carbocycles. The number of nitrogens with zero attached hydrogens (tertiary/aromatic N) is 1. The number of amides is 1. The zero-order chi connectivity index (χ0) is 23.8. The molecule has 0 aliphatic rings. The number of benzene rings is 3. The van der Waals surface area contributed by atoms with Crippen LogP contribution in [0.4, 0.5) is 5.69 Å². The molecule has 0 atom stereocenters. The molecule has 0 spiro atoms. The monoisotopic (exact) mass is 486 g/mol. The van der Waals surface area contributed by atoms with Crippen molar-refractivity contribution in [3.63, 3.8) is 0 Å². The first kappa shape index (κ1) is 24.6. The fourth-order valence-corrected chi connectivity index (χ4v) is 4.97. The number of anilines is 1. The van der Waals surface area contributed by atoms with Gasteiger partial charge in [0.05, 0.1) is 17.7 Å². The van der Waals surface area contributed by atoms with E-state index in [1.54, 1.807) is 25.3 Å². The fourth-order valence-electron chi connectivity index (χ4n) is 3.43. The molecular weight excluding hydrogens is 460 g/mol. The highest BCUT2D eigenvalue weighted by Crippen LogP contribution is 2.25. The van der Waals surface area contributed by atoms with Gasteiger partial charge in [0.2, 0.25) is 5.91 Å². The van der Waals surface area contributed by atoms with E-state index < -0.39 is 10.0 Å². The van der Waals surface area contributed by atoms with E-state index in [1.165, 1.54) is 24.3 Å². The van der Waals surface area contributed by atoms with E-state index in [0.29, 0.717) is 23.7 Å². The van der Waals surface area contributed by atoms with Crippen molar-refractivity contribution in [3.05, 3.63) is 88.9 Å². The van der Waals surface area contributed by atoms with Gasteiger partial charge in [-0.1, -0.05) is 41.9 Å². The Morgan fingerprint density at radius 3 is 2.45 bits per heavy atom. The van der Waals surface area contributed by atoms with Crippen LogP contribution in [0.3, 0.4) is 0 Å². The predicted molar refractivity (Wildman–Crippen MR) is 131 cm³/mol. The van der Waals surface area contributed by atoms with Crippen LogP contribution in [0, 0.1) is 6.92 Å². The van der Waals surface area contributed by atoms with Crippen molar-refractivity contribution in [2.75, 3.05) is 24.5 Å². The molecule has 33 heavy (non-hydrogen) atoms. The summed E-state index contributed by atoms with van der Waals surface area (Å²) < 4.78 is 33.2. The molecule has 0 saturated heterocycles. The van der Waals surface area contributed by atoms with Crippen LogP contribution in [0.5, 0.6) is 5.75 Å². The lowest BCUT2D eigenvalue weighted by atomic mass is 10.1. The Balaban J connectivity index is 1.71. The summed E-state index contributed by atoms with van der Waals surface area (Å²) in [4.78, 5) is 12.8. The number of methoxy groups -OCH3 is 1. The van der Waals surface area contributed by atoms with Crippen molar-refractivity contribution in [3.8, 4) is 5.75 Å². The van der Waals surface area contributed by atoms with Crippen molar-refractivity contribution < 1.29 is 17.9 Å². The third-order valence-electron chi connectivity index (χ3n) is 5.12. The lowest BCUT2D eigenvalue weighted by Gasteiger charge is -2.24. The highest BCUT2D eigenvalue weighted by molar-refractivity contribution is 7.92. The number of aryl methyl sites for hydroxylation is 2. The fraction of sp³-hybridized carbons (Fsp3) is 0.240. The topological polar surface area (TPSA) is 75.7 Å². The first-order valence-electron chi connectivity index (χ1n) is 10.5. The molecule has 3 aromatic rings. The van der Waals surface area contributed by atoms with Crippen LogP contribution >= 0.6 is 11.6 Å². The van der Waals surface area contributed by atoms with Crippen LogP contribution in [0.25, 0.3) is 0 Å². The number of para-hydroxylation sites is 1. The first-order chi connectivity index (χ1) is 15.8. The minimum absolute atomic E-state index is 0.0670. The average molecular weight is 487 g/mol. The number of carbonyl (C=O) groups is 1. The Kier molecular flexibility index (Phi) is 8.36. The first-order valence-corrected chi connectivity index (χ1v) is 12.4. The highest BCUT2D eigenvalue weighted by atomic mass is 35.5. The van der Waals surface area contributed by atoms with E-state index >= 15 is 0 Å². The van der Waals surface area contributed by atoms with E-state index in [4.69, 9.17) is 16.3 Å². The zero-order valence-electron chi connectivity index (χ0n) is 18.6. The number of halogens is 1. The van der Waals surface area contributed by atoms with Gasteiger partial charge >= 0.3 is 0 Å². The standard InChI is InChI=1S/C25H27ClN2O4S/c1-19-7-5-10-22(17-19)28(33(30,31)23-14-12-21(26)13-15-23)18-25(29)27-16-6-9-20-8-3-4-11-24(20)32-2/h3-5,7-8,10-15,17H,6,9,16,18H2,1-2H3,(H,27,29). The number of ether oxygens (including phenoxy) is 1. The molecule has 174 valence electrons. The second-order valence-electron chi connectivity index (χ2n) is 7.57.